The molecule has 0 fully saturated rings. The lowest BCUT2D eigenvalue weighted by Gasteiger charge is -2.19. The monoisotopic (exact) mass is 424 g/mol. The third-order valence-electron chi connectivity index (χ3n) is 4.30. The van der Waals surface area contributed by atoms with Crippen LogP contribution in [0, 0.1) is 0 Å². The molecule has 0 N–H and O–H groups in total. The maximum Gasteiger partial charge on any atom is 0.416 e. The summed E-state index contributed by atoms with van der Waals surface area (Å²) in [4.78, 5) is 18.8. The average molecular weight is 424 g/mol. The molecule has 5 nitrogen and oxygen atoms in total. The zero-order chi connectivity index (χ0) is 21.0. The van der Waals surface area contributed by atoms with Crippen LogP contribution in [0.5, 0.6) is 11.5 Å². The number of halogens is 3. The fourth-order valence-electron chi connectivity index (χ4n) is 2.85. The maximum absolute atomic E-state index is 12.9. The van der Waals surface area contributed by atoms with E-state index in [1.165, 1.54) is 36.9 Å². The molecule has 0 radical (unpaired) electrons. The SMILES string of the molecule is COc1ccc(C(=O)N2CCN=C2SCc2cccc(C(F)(F)F)c2)cc1OC. The van der Waals surface area contributed by atoms with Gasteiger partial charge in [-0.2, -0.15) is 13.2 Å². The molecule has 0 saturated carbocycles. The van der Waals surface area contributed by atoms with E-state index in [4.69, 9.17) is 9.47 Å². The van der Waals surface area contributed by atoms with Crippen molar-refractivity contribution in [1.29, 1.82) is 0 Å². The highest BCUT2D eigenvalue weighted by atomic mass is 32.2. The second-order valence-corrected chi connectivity index (χ2v) is 7.12. The first kappa shape index (κ1) is 21.0. The van der Waals surface area contributed by atoms with Crippen LogP contribution in [0.2, 0.25) is 0 Å². The molecule has 0 unspecified atom stereocenters. The summed E-state index contributed by atoms with van der Waals surface area (Å²) < 4.78 is 49.1. The highest BCUT2D eigenvalue weighted by molar-refractivity contribution is 8.13. The number of rotatable bonds is 5. The van der Waals surface area contributed by atoms with Crippen molar-refractivity contribution < 1.29 is 27.4 Å². The minimum atomic E-state index is -4.39. The fourth-order valence-corrected chi connectivity index (χ4v) is 3.84. The van der Waals surface area contributed by atoms with Gasteiger partial charge in [0.05, 0.1) is 26.3 Å². The number of nitrogens with zero attached hydrogens (tertiary/aromatic N) is 2. The van der Waals surface area contributed by atoms with Crippen LogP contribution in [0.15, 0.2) is 47.5 Å². The molecule has 0 atom stereocenters. The summed E-state index contributed by atoms with van der Waals surface area (Å²) in [6.45, 7) is 0.863. The van der Waals surface area contributed by atoms with Gasteiger partial charge in [-0.15, -0.1) is 0 Å². The predicted octanol–water partition coefficient (Wildman–Crippen LogP) is 4.47. The first-order valence-corrected chi connectivity index (χ1v) is 9.69. The molecule has 0 aliphatic carbocycles. The van der Waals surface area contributed by atoms with E-state index in [1.807, 2.05) is 0 Å². The Bertz CT molecular complexity index is 931. The number of ether oxygens (including phenoxy) is 2. The number of amides is 1. The van der Waals surface area contributed by atoms with E-state index in [-0.39, 0.29) is 11.7 Å². The largest absolute Gasteiger partial charge is 0.493 e. The number of methoxy groups -OCH3 is 2. The zero-order valence-corrected chi connectivity index (χ0v) is 16.6. The van der Waals surface area contributed by atoms with Crippen molar-refractivity contribution >= 4 is 22.8 Å². The minimum absolute atomic E-state index is 0.251. The Morgan fingerprint density at radius 2 is 1.90 bits per heavy atom. The van der Waals surface area contributed by atoms with Gasteiger partial charge >= 0.3 is 6.18 Å². The number of amidine groups is 1. The summed E-state index contributed by atoms with van der Waals surface area (Å²) in [6.07, 6.45) is -4.39. The van der Waals surface area contributed by atoms with E-state index < -0.39 is 11.7 Å². The van der Waals surface area contributed by atoms with Crippen molar-refractivity contribution in [1.82, 2.24) is 4.90 Å². The van der Waals surface area contributed by atoms with Crippen LogP contribution >= 0.6 is 11.8 Å². The lowest BCUT2D eigenvalue weighted by molar-refractivity contribution is -0.137. The molecule has 154 valence electrons. The number of benzene rings is 2. The van der Waals surface area contributed by atoms with Crippen molar-refractivity contribution in [2.75, 3.05) is 27.3 Å². The molecular formula is C20H19F3N2O3S. The Kier molecular flexibility index (Phi) is 6.36. The van der Waals surface area contributed by atoms with Crippen molar-refractivity contribution in [2.24, 2.45) is 4.99 Å². The molecule has 0 aromatic heterocycles. The summed E-state index contributed by atoms with van der Waals surface area (Å²) >= 11 is 1.24. The van der Waals surface area contributed by atoms with E-state index in [0.29, 0.717) is 40.9 Å². The predicted molar refractivity (Wildman–Crippen MR) is 106 cm³/mol. The van der Waals surface area contributed by atoms with Gasteiger partial charge < -0.3 is 9.47 Å². The van der Waals surface area contributed by atoms with Gasteiger partial charge in [0.2, 0.25) is 0 Å². The highest BCUT2D eigenvalue weighted by Gasteiger charge is 2.30. The Hall–Kier alpha value is -2.68. The molecular weight excluding hydrogens is 405 g/mol. The van der Waals surface area contributed by atoms with Crippen LogP contribution in [0.25, 0.3) is 0 Å². The maximum atomic E-state index is 12.9. The molecule has 1 amide bonds. The number of carbonyl (C=O) groups excluding carboxylic acids is 1. The molecule has 9 heteroatoms. The Morgan fingerprint density at radius 3 is 2.59 bits per heavy atom. The van der Waals surface area contributed by atoms with Crippen LogP contribution in [0.3, 0.4) is 0 Å². The van der Waals surface area contributed by atoms with E-state index in [2.05, 4.69) is 4.99 Å². The highest BCUT2D eigenvalue weighted by Crippen LogP contribution is 2.31. The van der Waals surface area contributed by atoms with Crippen LogP contribution in [0.1, 0.15) is 21.5 Å². The van der Waals surface area contributed by atoms with Gasteiger partial charge in [-0.25, -0.2) is 0 Å². The lowest BCUT2D eigenvalue weighted by atomic mass is 10.1. The normalized spacial score (nSPS) is 14.0. The average Bonchev–Trinajstić information content (AvgIpc) is 3.19. The van der Waals surface area contributed by atoms with Crippen molar-refractivity contribution in [3.63, 3.8) is 0 Å². The molecule has 0 saturated heterocycles. The van der Waals surface area contributed by atoms with Gasteiger partial charge in [0.25, 0.3) is 5.91 Å². The van der Waals surface area contributed by atoms with Gasteiger partial charge in [-0.3, -0.25) is 14.7 Å². The summed E-state index contributed by atoms with van der Waals surface area (Å²) in [5.41, 5.74) is 0.233. The van der Waals surface area contributed by atoms with E-state index in [0.717, 1.165) is 12.1 Å². The summed E-state index contributed by atoms with van der Waals surface area (Å²) in [5, 5.41) is 0.488. The molecule has 0 spiro atoms. The second-order valence-electron chi connectivity index (χ2n) is 6.18. The molecule has 3 rings (SSSR count). The van der Waals surface area contributed by atoms with Crippen LogP contribution < -0.4 is 9.47 Å². The lowest BCUT2D eigenvalue weighted by Crippen LogP contribution is -2.32. The van der Waals surface area contributed by atoms with Crippen molar-refractivity contribution in [2.45, 2.75) is 11.9 Å². The molecule has 1 heterocycles. The van der Waals surface area contributed by atoms with Crippen LogP contribution in [-0.4, -0.2) is 43.3 Å². The molecule has 1 aliphatic rings. The summed E-state index contributed by atoms with van der Waals surface area (Å²) in [5.74, 6) is 0.975. The van der Waals surface area contributed by atoms with Gasteiger partial charge in [-0.05, 0) is 29.8 Å². The number of thioether (sulfide) groups is 1. The summed E-state index contributed by atoms with van der Waals surface area (Å²) in [6, 6.07) is 10.0. The van der Waals surface area contributed by atoms with Gasteiger partial charge in [0.1, 0.15) is 0 Å². The Labute approximate surface area is 170 Å². The molecule has 1 aliphatic heterocycles. The van der Waals surface area contributed by atoms with E-state index >= 15 is 0 Å². The number of alkyl halides is 3. The van der Waals surface area contributed by atoms with E-state index in [1.54, 1.807) is 24.3 Å². The number of aliphatic imine (C=N–C) groups is 1. The first-order valence-electron chi connectivity index (χ1n) is 8.70. The minimum Gasteiger partial charge on any atom is -0.493 e. The Balaban J connectivity index is 1.71. The zero-order valence-electron chi connectivity index (χ0n) is 15.8. The van der Waals surface area contributed by atoms with Crippen LogP contribution in [-0.2, 0) is 11.9 Å². The number of hydrogen-bond acceptors (Lipinski definition) is 5. The number of hydrogen-bond donors (Lipinski definition) is 0. The smallest absolute Gasteiger partial charge is 0.416 e. The van der Waals surface area contributed by atoms with Gasteiger partial charge in [0.15, 0.2) is 16.7 Å². The molecule has 2 aromatic carbocycles. The quantitative estimate of drug-likeness (QED) is 0.711. The Morgan fingerprint density at radius 1 is 1.14 bits per heavy atom. The van der Waals surface area contributed by atoms with Crippen molar-refractivity contribution in [3.8, 4) is 11.5 Å². The third kappa shape index (κ3) is 4.84. The summed E-state index contributed by atoms with van der Waals surface area (Å²) in [7, 11) is 2.99. The molecule has 29 heavy (non-hydrogen) atoms. The third-order valence-corrected chi connectivity index (χ3v) is 5.38. The second kappa shape index (κ2) is 8.77. The first-order chi connectivity index (χ1) is 13.8. The molecule has 0 bridgehead atoms. The molecule has 2 aromatic rings. The van der Waals surface area contributed by atoms with E-state index in [9.17, 15) is 18.0 Å². The number of carbonyl (C=O) groups is 1. The standard InChI is InChI=1S/C20H19F3N2O3S/c1-27-16-7-6-14(11-17(16)28-2)18(26)25-9-8-24-19(25)29-12-13-4-3-5-15(10-13)20(21,22)23/h3-7,10-11H,8-9,12H2,1-2H3. The fraction of sp³-hybridized carbons (Fsp3) is 0.300. The van der Waals surface area contributed by atoms with Gasteiger partial charge in [-0.1, -0.05) is 30.0 Å². The van der Waals surface area contributed by atoms with Crippen LogP contribution in [0.4, 0.5) is 13.2 Å². The topological polar surface area (TPSA) is 51.1 Å². The van der Waals surface area contributed by atoms with Crippen molar-refractivity contribution in [3.05, 3.63) is 59.2 Å². The van der Waals surface area contributed by atoms with Gasteiger partial charge in [0, 0.05) is 17.9 Å².